The first-order valence-corrected chi connectivity index (χ1v) is 10.4. The molecule has 4 rings (SSSR count). The molecule has 0 aliphatic carbocycles. The van der Waals surface area contributed by atoms with Gasteiger partial charge in [-0.2, -0.15) is 22.7 Å². The van der Waals surface area contributed by atoms with Gasteiger partial charge in [0.15, 0.2) is 0 Å². The number of pyridine rings is 1. The second-order valence-corrected chi connectivity index (χ2v) is 9.02. The molecule has 1 unspecified atom stereocenters. The standard InChI is InChI=1S/C19H15F3N4O3S/c1-11-6-13-14(9-24-11)18(27)26-5-4-25(10-16(13)26)30(28,29)17-3-2-12(8-23)7-15(17)19(20,21)22/h2-3,6-7,9,16H,4-5,10H2,1H3. The van der Waals surface area contributed by atoms with Crippen LogP contribution in [-0.4, -0.2) is 48.1 Å². The van der Waals surface area contributed by atoms with Crippen molar-refractivity contribution in [1.29, 1.82) is 5.26 Å². The number of aromatic nitrogens is 1. The number of carbonyl (C=O) groups is 1. The van der Waals surface area contributed by atoms with Crippen molar-refractivity contribution in [1.82, 2.24) is 14.2 Å². The Labute approximate surface area is 170 Å². The van der Waals surface area contributed by atoms with E-state index in [0.29, 0.717) is 22.9 Å². The molecule has 30 heavy (non-hydrogen) atoms. The molecule has 0 saturated carbocycles. The monoisotopic (exact) mass is 436 g/mol. The quantitative estimate of drug-likeness (QED) is 0.721. The predicted molar refractivity (Wildman–Crippen MR) is 97.7 cm³/mol. The summed E-state index contributed by atoms with van der Waals surface area (Å²) in [4.78, 5) is 17.3. The van der Waals surface area contributed by atoms with E-state index in [-0.39, 0.29) is 31.1 Å². The van der Waals surface area contributed by atoms with Gasteiger partial charge in [-0.25, -0.2) is 8.42 Å². The normalized spacial score (nSPS) is 19.4. The highest BCUT2D eigenvalue weighted by Crippen LogP contribution is 2.40. The number of nitriles is 1. The van der Waals surface area contributed by atoms with E-state index in [4.69, 9.17) is 5.26 Å². The fourth-order valence-electron chi connectivity index (χ4n) is 3.86. The van der Waals surface area contributed by atoms with E-state index in [1.54, 1.807) is 19.1 Å². The van der Waals surface area contributed by atoms with Gasteiger partial charge in [-0.1, -0.05) is 0 Å². The number of nitrogens with zero attached hydrogens (tertiary/aromatic N) is 4. The lowest BCUT2D eigenvalue weighted by Gasteiger charge is -2.37. The number of carbonyl (C=O) groups excluding carboxylic acids is 1. The molecule has 11 heteroatoms. The summed E-state index contributed by atoms with van der Waals surface area (Å²) in [6, 6.07) is 5.08. The van der Waals surface area contributed by atoms with Crippen LogP contribution in [0.1, 0.15) is 38.8 Å². The minimum Gasteiger partial charge on any atom is -0.329 e. The number of alkyl halides is 3. The SMILES string of the molecule is Cc1cc2c(cn1)C(=O)N1CCN(S(=O)(=O)c3ccc(C#N)cc3C(F)(F)F)CC21. The number of hydrogen-bond donors (Lipinski definition) is 0. The number of piperazine rings is 1. The molecule has 0 bridgehead atoms. The largest absolute Gasteiger partial charge is 0.417 e. The van der Waals surface area contributed by atoms with Crippen LogP contribution in [0.3, 0.4) is 0 Å². The highest BCUT2D eigenvalue weighted by atomic mass is 32.2. The van der Waals surface area contributed by atoms with Gasteiger partial charge in [-0.3, -0.25) is 9.78 Å². The van der Waals surface area contributed by atoms with Crippen LogP contribution in [0.25, 0.3) is 0 Å². The number of amides is 1. The van der Waals surface area contributed by atoms with Crippen molar-refractivity contribution in [2.45, 2.75) is 24.0 Å². The number of rotatable bonds is 2. The molecular weight excluding hydrogens is 421 g/mol. The number of aryl methyl sites for hydroxylation is 1. The summed E-state index contributed by atoms with van der Waals surface area (Å²) in [5, 5.41) is 8.89. The molecule has 7 nitrogen and oxygen atoms in total. The average Bonchev–Trinajstić information content (AvgIpc) is 2.98. The van der Waals surface area contributed by atoms with Gasteiger partial charge in [0, 0.05) is 31.5 Å². The lowest BCUT2D eigenvalue weighted by Crippen LogP contribution is -2.49. The van der Waals surface area contributed by atoms with Crippen LogP contribution in [0.4, 0.5) is 13.2 Å². The molecule has 0 radical (unpaired) electrons. The summed E-state index contributed by atoms with van der Waals surface area (Å²) >= 11 is 0. The van der Waals surface area contributed by atoms with E-state index < -0.39 is 32.7 Å². The van der Waals surface area contributed by atoms with Crippen molar-refractivity contribution < 1.29 is 26.4 Å². The van der Waals surface area contributed by atoms with E-state index >= 15 is 0 Å². The average molecular weight is 436 g/mol. The molecule has 2 aliphatic heterocycles. The van der Waals surface area contributed by atoms with Crippen molar-refractivity contribution in [2.24, 2.45) is 0 Å². The molecule has 0 spiro atoms. The van der Waals surface area contributed by atoms with Gasteiger partial charge in [-0.15, -0.1) is 0 Å². The molecular formula is C19H15F3N4O3S. The minimum atomic E-state index is -4.95. The van der Waals surface area contributed by atoms with Crippen LogP contribution >= 0.6 is 0 Å². The maximum Gasteiger partial charge on any atom is 0.417 e. The van der Waals surface area contributed by atoms with Crippen LogP contribution < -0.4 is 0 Å². The van der Waals surface area contributed by atoms with E-state index in [0.717, 1.165) is 16.4 Å². The lowest BCUT2D eigenvalue weighted by molar-refractivity contribution is -0.139. The van der Waals surface area contributed by atoms with Gasteiger partial charge in [0.25, 0.3) is 5.91 Å². The molecule has 156 valence electrons. The third-order valence-electron chi connectivity index (χ3n) is 5.30. The second-order valence-electron chi connectivity index (χ2n) is 7.11. The number of fused-ring (bicyclic) bond motifs is 3. The van der Waals surface area contributed by atoms with Gasteiger partial charge in [0.2, 0.25) is 10.0 Å². The van der Waals surface area contributed by atoms with Crippen molar-refractivity contribution in [2.75, 3.05) is 19.6 Å². The topological polar surface area (TPSA) is 94.4 Å². The molecule has 3 heterocycles. The first-order chi connectivity index (χ1) is 14.0. The fourth-order valence-corrected chi connectivity index (χ4v) is 5.49. The van der Waals surface area contributed by atoms with Crippen LogP contribution in [0.2, 0.25) is 0 Å². The Bertz CT molecular complexity index is 1200. The Balaban J connectivity index is 1.74. The van der Waals surface area contributed by atoms with Crippen molar-refractivity contribution in [3.63, 3.8) is 0 Å². The van der Waals surface area contributed by atoms with E-state index in [2.05, 4.69) is 4.98 Å². The van der Waals surface area contributed by atoms with E-state index in [1.165, 1.54) is 11.1 Å². The van der Waals surface area contributed by atoms with Gasteiger partial charge < -0.3 is 4.90 Å². The van der Waals surface area contributed by atoms with E-state index in [9.17, 15) is 26.4 Å². The third kappa shape index (κ3) is 3.12. The Morgan fingerprint density at radius 2 is 1.97 bits per heavy atom. The summed E-state index contributed by atoms with van der Waals surface area (Å²) < 4.78 is 67.8. The maximum atomic E-state index is 13.5. The predicted octanol–water partition coefficient (Wildman–Crippen LogP) is 2.48. The van der Waals surface area contributed by atoms with Crippen LogP contribution in [0.5, 0.6) is 0 Å². The van der Waals surface area contributed by atoms with Gasteiger partial charge in [-0.05, 0) is 36.8 Å². The molecule has 2 aliphatic rings. The molecule has 0 N–H and O–H groups in total. The number of benzene rings is 1. The molecule has 1 atom stereocenters. The smallest absolute Gasteiger partial charge is 0.329 e. The zero-order valence-corrected chi connectivity index (χ0v) is 16.5. The Morgan fingerprint density at radius 1 is 1.23 bits per heavy atom. The summed E-state index contributed by atoms with van der Waals surface area (Å²) in [6.07, 6.45) is -3.51. The fraction of sp³-hybridized carbons (Fsp3) is 0.316. The Kier molecular flexibility index (Phi) is 4.59. The van der Waals surface area contributed by atoms with Crippen molar-refractivity contribution in [3.8, 4) is 6.07 Å². The number of sulfonamides is 1. The van der Waals surface area contributed by atoms with Gasteiger partial charge in [0.05, 0.1) is 33.7 Å². The van der Waals surface area contributed by atoms with E-state index in [1.807, 2.05) is 0 Å². The zero-order valence-electron chi connectivity index (χ0n) is 15.6. The van der Waals surface area contributed by atoms with Crippen molar-refractivity contribution >= 4 is 15.9 Å². The maximum absolute atomic E-state index is 13.5. The summed E-state index contributed by atoms with van der Waals surface area (Å²) in [5.74, 6) is -0.270. The second kappa shape index (κ2) is 6.78. The first-order valence-electron chi connectivity index (χ1n) is 8.93. The van der Waals surface area contributed by atoms with Gasteiger partial charge in [0.1, 0.15) is 0 Å². The lowest BCUT2D eigenvalue weighted by atomic mass is 10.1. The highest BCUT2D eigenvalue weighted by Gasteiger charge is 2.45. The van der Waals surface area contributed by atoms with Crippen LogP contribution in [-0.2, 0) is 16.2 Å². The van der Waals surface area contributed by atoms with Crippen LogP contribution in [0, 0.1) is 18.3 Å². The zero-order chi connectivity index (χ0) is 21.8. The van der Waals surface area contributed by atoms with Crippen LogP contribution in [0.15, 0.2) is 35.4 Å². The first kappa shape index (κ1) is 20.3. The molecule has 1 aromatic heterocycles. The molecule has 1 saturated heterocycles. The van der Waals surface area contributed by atoms with Crippen molar-refractivity contribution in [3.05, 3.63) is 58.4 Å². The molecule has 1 amide bonds. The highest BCUT2D eigenvalue weighted by molar-refractivity contribution is 7.89. The molecule has 1 aromatic carbocycles. The molecule has 1 fully saturated rings. The van der Waals surface area contributed by atoms with Gasteiger partial charge >= 0.3 is 6.18 Å². The molecule has 2 aromatic rings. The Morgan fingerprint density at radius 3 is 2.63 bits per heavy atom. The summed E-state index contributed by atoms with van der Waals surface area (Å²) in [7, 11) is -4.52. The third-order valence-corrected chi connectivity index (χ3v) is 7.22. The Hall–Kier alpha value is -2.97. The summed E-state index contributed by atoms with van der Waals surface area (Å²) in [6.45, 7) is 1.48. The summed E-state index contributed by atoms with van der Waals surface area (Å²) in [5.41, 5.74) is -0.0337. The number of hydrogen-bond acceptors (Lipinski definition) is 5. The number of halogens is 3. The minimum absolute atomic E-state index is 0.0497.